The number of fused-ring (bicyclic) bond motifs is 1. The zero-order chi connectivity index (χ0) is 20.9. The number of benzene rings is 2. The Morgan fingerprint density at radius 3 is 2.77 bits per heavy atom. The molecule has 2 aromatic heterocycles. The van der Waals surface area contributed by atoms with E-state index in [2.05, 4.69) is 10.3 Å². The van der Waals surface area contributed by atoms with Gasteiger partial charge in [-0.05, 0) is 26.0 Å². The molecule has 0 bridgehead atoms. The molecule has 0 aliphatic heterocycles. The van der Waals surface area contributed by atoms with Crippen LogP contribution in [0.4, 0.5) is 0 Å². The SMILES string of the molecule is CCOc1cccc2cc(C(C)NC(=O)CCc3ncc(-c4ccccc4)o3)oc12. The van der Waals surface area contributed by atoms with Crippen LogP contribution in [0.5, 0.6) is 5.75 Å². The smallest absolute Gasteiger partial charge is 0.221 e. The number of aryl methyl sites for hydroxylation is 1. The quantitative estimate of drug-likeness (QED) is 0.431. The van der Waals surface area contributed by atoms with E-state index in [0.29, 0.717) is 41.8 Å². The van der Waals surface area contributed by atoms with E-state index in [-0.39, 0.29) is 18.4 Å². The standard InChI is InChI=1S/C24H24N2O4/c1-3-28-19-11-7-10-18-14-20(30-24(18)19)16(2)26-22(27)12-13-23-25-15-21(29-23)17-8-5-4-6-9-17/h4-11,14-16H,3,12-13H2,1-2H3,(H,26,27). The monoisotopic (exact) mass is 404 g/mol. The number of furan rings is 1. The first-order valence-electron chi connectivity index (χ1n) is 10.1. The fraction of sp³-hybridized carbons (Fsp3) is 0.250. The molecule has 0 spiro atoms. The van der Waals surface area contributed by atoms with E-state index in [1.54, 1.807) is 6.20 Å². The number of hydrogen-bond acceptors (Lipinski definition) is 5. The number of nitrogens with one attached hydrogen (secondary N) is 1. The van der Waals surface area contributed by atoms with Gasteiger partial charge in [-0.3, -0.25) is 4.79 Å². The van der Waals surface area contributed by atoms with Crippen molar-refractivity contribution in [2.75, 3.05) is 6.61 Å². The highest BCUT2D eigenvalue weighted by Gasteiger charge is 2.17. The number of ether oxygens (including phenoxy) is 1. The summed E-state index contributed by atoms with van der Waals surface area (Å²) < 4.78 is 17.3. The largest absolute Gasteiger partial charge is 0.490 e. The summed E-state index contributed by atoms with van der Waals surface area (Å²) in [5.74, 6) is 2.55. The number of carbonyl (C=O) groups is 1. The molecular weight excluding hydrogens is 380 g/mol. The lowest BCUT2D eigenvalue weighted by molar-refractivity contribution is -0.121. The number of rotatable bonds is 8. The lowest BCUT2D eigenvalue weighted by atomic mass is 10.2. The number of amides is 1. The Morgan fingerprint density at radius 2 is 1.97 bits per heavy atom. The molecule has 0 fully saturated rings. The van der Waals surface area contributed by atoms with Gasteiger partial charge in [-0.2, -0.15) is 0 Å². The fourth-order valence-electron chi connectivity index (χ4n) is 3.31. The van der Waals surface area contributed by atoms with Gasteiger partial charge in [-0.15, -0.1) is 0 Å². The number of oxazole rings is 1. The summed E-state index contributed by atoms with van der Waals surface area (Å²) in [6.45, 7) is 4.39. The van der Waals surface area contributed by atoms with Crippen LogP contribution in [-0.4, -0.2) is 17.5 Å². The predicted molar refractivity (Wildman–Crippen MR) is 114 cm³/mol. The van der Waals surface area contributed by atoms with Crippen molar-refractivity contribution >= 4 is 16.9 Å². The van der Waals surface area contributed by atoms with Crippen LogP contribution >= 0.6 is 0 Å². The number of hydrogen-bond donors (Lipinski definition) is 1. The summed E-state index contributed by atoms with van der Waals surface area (Å²) in [5.41, 5.74) is 1.66. The third-order valence-corrected chi connectivity index (χ3v) is 4.81. The molecule has 0 aliphatic rings. The van der Waals surface area contributed by atoms with Crippen molar-refractivity contribution < 1.29 is 18.4 Å². The van der Waals surface area contributed by atoms with E-state index < -0.39 is 0 Å². The molecular formula is C24H24N2O4. The maximum atomic E-state index is 12.4. The van der Waals surface area contributed by atoms with Gasteiger partial charge >= 0.3 is 0 Å². The molecule has 4 aromatic rings. The van der Waals surface area contributed by atoms with Gasteiger partial charge < -0.3 is 18.9 Å². The van der Waals surface area contributed by atoms with Crippen LogP contribution in [0.15, 0.2) is 69.6 Å². The molecule has 4 rings (SSSR count). The van der Waals surface area contributed by atoms with Gasteiger partial charge in [0.25, 0.3) is 0 Å². The van der Waals surface area contributed by atoms with Gasteiger partial charge in [0.1, 0.15) is 5.76 Å². The van der Waals surface area contributed by atoms with E-state index >= 15 is 0 Å². The average molecular weight is 404 g/mol. The molecule has 154 valence electrons. The minimum atomic E-state index is -0.260. The molecule has 6 nitrogen and oxygen atoms in total. The summed E-state index contributed by atoms with van der Waals surface area (Å²) in [6, 6.07) is 17.2. The minimum Gasteiger partial charge on any atom is -0.490 e. The van der Waals surface area contributed by atoms with Crippen LogP contribution in [0.25, 0.3) is 22.3 Å². The minimum absolute atomic E-state index is 0.0903. The highest BCUT2D eigenvalue weighted by molar-refractivity contribution is 5.84. The van der Waals surface area contributed by atoms with Gasteiger partial charge in [-0.25, -0.2) is 4.98 Å². The lowest BCUT2D eigenvalue weighted by Crippen LogP contribution is -2.26. The fourth-order valence-corrected chi connectivity index (χ4v) is 3.31. The molecule has 1 atom stereocenters. The first kappa shape index (κ1) is 19.8. The second-order valence-electron chi connectivity index (χ2n) is 7.03. The first-order valence-corrected chi connectivity index (χ1v) is 10.1. The van der Waals surface area contributed by atoms with Crippen molar-refractivity contribution in [1.82, 2.24) is 10.3 Å². The van der Waals surface area contributed by atoms with Gasteiger partial charge in [0.05, 0.1) is 18.8 Å². The average Bonchev–Trinajstić information content (AvgIpc) is 3.41. The van der Waals surface area contributed by atoms with Crippen molar-refractivity contribution in [3.05, 3.63) is 72.4 Å². The van der Waals surface area contributed by atoms with Crippen molar-refractivity contribution in [3.63, 3.8) is 0 Å². The third kappa shape index (κ3) is 4.38. The molecule has 1 unspecified atom stereocenters. The zero-order valence-corrected chi connectivity index (χ0v) is 17.1. The topological polar surface area (TPSA) is 77.5 Å². The van der Waals surface area contributed by atoms with Gasteiger partial charge in [0.15, 0.2) is 23.0 Å². The van der Waals surface area contributed by atoms with E-state index in [9.17, 15) is 4.79 Å². The second kappa shape index (κ2) is 8.86. The zero-order valence-electron chi connectivity index (χ0n) is 17.1. The summed E-state index contributed by atoms with van der Waals surface area (Å²) in [5, 5.41) is 3.92. The maximum absolute atomic E-state index is 12.4. The van der Waals surface area contributed by atoms with Crippen molar-refractivity contribution in [2.45, 2.75) is 32.7 Å². The van der Waals surface area contributed by atoms with Gasteiger partial charge in [0.2, 0.25) is 5.91 Å². The Balaban J connectivity index is 1.36. The third-order valence-electron chi connectivity index (χ3n) is 4.81. The lowest BCUT2D eigenvalue weighted by Gasteiger charge is -2.11. The summed E-state index contributed by atoms with van der Waals surface area (Å²) >= 11 is 0. The van der Waals surface area contributed by atoms with Crippen LogP contribution in [-0.2, 0) is 11.2 Å². The molecule has 0 saturated carbocycles. The van der Waals surface area contributed by atoms with Gasteiger partial charge in [0, 0.05) is 23.8 Å². The molecule has 1 N–H and O–H groups in total. The van der Waals surface area contributed by atoms with E-state index in [4.69, 9.17) is 13.6 Å². The summed E-state index contributed by atoms with van der Waals surface area (Å²) in [6.07, 6.45) is 2.40. The summed E-state index contributed by atoms with van der Waals surface area (Å²) in [4.78, 5) is 16.7. The molecule has 2 heterocycles. The van der Waals surface area contributed by atoms with Crippen molar-refractivity contribution in [1.29, 1.82) is 0 Å². The van der Waals surface area contributed by atoms with Crippen LogP contribution in [0, 0.1) is 0 Å². The molecule has 0 saturated heterocycles. The number of para-hydroxylation sites is 1. The van der Waals surface area contributed by atoms with Gasteiger partial charge in [-0.1, -0.05) is 42.5 Å². The van der Waals surface area contributed by atoms with Crippen LogP contribution in [0.2, 0.25) is 0 Å². The predicted octanol–water partition coefficient (Wildman–Crippen LogP) is 5.30. The molecule has 0 aliphatic carbocycles. The Hall–Kier alpha value is -3.54. The molecule has 2 aromatic carbocycles. The highest BCUT2D eigenvalue weighted by atomic mass is 16.5. The first-order chi connectivity index (χ1) is 14.6. The van der Waals surface area contributed by atoms with Crippen molar-refractivity contribution in [3.8, 4) is 17.1 Å². The number of carbonyl (C=O) groups excluding carboxylic acids is 1. The Morgan fingerprint density at radius 1 is 1.13 bits per heavy atom. The van der Waals surface area contributed by atoms with E-state index in [1.807, 2.05) is 68.4 Å². The second-order valence-corrected chi connectivity index (χ2v) is 7.03. The molecule has 0 radical (unpaired) electrons. The highest BCUT2D eigenvalue weighted by Crippen LogP contribution is 2.31. The van der Waals surface area contributed by atoms with E-state index in [1.165, 1.54) is 0 Å². The molecule has 1 amide bonds. The van der Waals surface area contributed by atoms with Crippen LogP contribution < -0.4 is 10.1 Å². The maximum Gasteiger partial charge on any atom is 0.221 e. The van der Waals surface area contributed by atoms with E-state index in [0.717, 1.165) is 10.9 Å². The van der Waals surface area contributed by atoms with Crippen LogP contribution in [0.1, 0.15) is 38.0 Å². The Labute approximate surface area is 174 Å². The van der Waals surface area contributed by atoms with Crippen LogP contribution in [0.3, 0.4) is 0 Å². The van der Waals surface area contributed by atoms with Crippen molar-refractivity contribution in [2.24, 2.45) is 0 Å². The Kier molecular flexibility index (Phi) is 5.84. The molecule has 30 heavy (non-hydrogen) atoms. The summed E-state index contributed by atoms with van der Waals surface area (Å²) in [7, 11) is 0. The normalized spacial score (nSPS) is 12.1. The molecule has 6 heteroatoms. The number of aromatic nitrogens is 1. The Bertz CT molecular complexity index is 1130. The number of nitrogens with zero attached hydrogens (tertiary/aromatic N) is 1.